The standard InChI is InChI=1S/C16H16ClN5O2.C14H11ClN4.C10H8BrNO.C9H5BrO2S.C6H7N.C4H9NO.2CH4/c1-16(2,3)24-15(23)22-12-5-4-11(8-10(12)9-19-22)20-13-6-7-18-14(17)21-13;15-14-17-8-6-13(19-14)18-12-3-1-10(2-4-12)11-5-7-16-9-11;1-6(13)9-4-7-2-3-8(11)5-10(7)12-9;10-6-2-1-5-3-8(9(11)12)13-7(5)4-6;7-6-4-2-1-3-5-6;5-4-1-2-6-3-4;;/h4-9H,1-3H3,(H,18,20,21);1-6,8-9H,7H2,(H,17,18,19);2-5,12H,1H3;1-4H,(H,11,12);1-5H,7H2;4H,1-3,5H2;2*1H4. The lowest BCUT2D eigenvalue weighted by Gasteiger charge is -2.19. The van der Waals surface area contributed by atoms with Gasteiger partial charge in [0.25, 0.3) is 0 Å². The number of benzene rings is 5. The van der Waals surface area contributed by atoms with Crippen molar-refractivity contribution >= 4 is 157 Å². The van der Waals surface area contributed by atoms with Crippen LogP contribution >= 0.6 is 66.4 Å². The SMILES string of the molecule is C.C.CC(=O)c1cc2ccc(Br)cc2[nH]1.CC(C)(C)OC(=O)n1ncc2cc(Nc3ccnc(Cl)n3)ccc21.Clc1nccc(Nc2ccc(C3=CCN=C3)cc2)n1.NC1CCOC1.Nc1ccccc1.O=C(O)c1cc2ccc(Br)cc2s1. The summed E-state index contributed by atoms with van der Waals surface area (Å²) in [6, 6.07) is 42.0. The van der Waals surface area contributed by atoms with E-state index in [0.717, 1.165) is 89.7 Å². The van der Waals surface area contributed by atoms with Crippen LogP contribution in [0.5, 0.6) is 0 Å². The molecule has 0 spiro atoms. The van der Waals surface area contributed by atoms with E-state index in [2.05, 4.69) is 83.6 Å². The summed E-state index contributed by atoms with van der Waals surface area (Å²) in [6.07, 6.45) is 9.32. The summed E-state index contributed by atoms with van der Waals surface area (Å²) in [6.45, 7) is 9.39. The second kappa shape index (κ2) is 32.2. The third-order valence-corrected chi connectivity index (χ3v) is 13.7. The topological polar surface area (TPSA) is 264 Å². The van der Waals surface area contributed by atoms with E-state index in [1.165, 1.54) is 16.0 Å². The lowest BCUT2D eigenvalue weighted by atomic mass is 10.1. The van der Waals surface area contributed by atoms with Crippen LogP contribution in [0, 0.1) is 0 Å². The number of hydrogen-bond acceptors (Lipinski definition) is 16. The predicted molar refractivity (Wildman–Crippen MR) is 350 cm³/mol. The molecule has 2 aliphatic rings. The zero-order valence-corrected chi connectivity index (χ0v) is 50.2. The minimum Gasteiger partial charge on any atom is -0.477 e. The first kappa shape index (κ1) is 66.9. The first-order chi connectivity index (χ1) is 39.2. The number of nitrogens with one attached hydrogen (secondary N) is 3. The quantitative estimate of drug-likeness (QED) is 0.0492. The van der Waals surface area contributed by atoms with Gasteiger partial charge < -0.3 is 41.7 Å². The molecule has 5 aromatic heterocycles. The van der Waals surface area contributed by atoms with Gasteiger partial charge in [-0.15, -0.1) is 11.3 Å². The lowest BCUT2D eigenvalue weighted by molar-refractivity contribution is 0.0522. The number of carboxylic acids is 1. The number of Topliss-reactive ketones (excluding diaryl/α,β-unsaturated/α-hetero) is 1. The van der Waals surface area contributed by atoms with E-state index in [4.69, 9.17) is 49.2 Å². The van der Waals surface area contributed by atoms with Crippen LogP contribution in [0.4, 0.5) is 33.5 Å². The molecular formula is C61H64Br2Cl2N12O6S. The number of aromatic carboxylic acids is 1. The first-order valence-electron chi connectivity index (χ1n) is 25.1. The number of carbonyl (C=O) groups excluding carboxylic acids is 2. The number of nitrogens with zero attached hydrogens (tertiary/aromatic N) is 7. The molecule has 1 fully saturated rings. The molecule has 10 aromatic rings. The van der Waals surface area contributed by atoms with Gasteiger partial charge in [0, 0.05) is 85.2 Å². The molecule has 2 aliphatic heterocycles. The number of hydrogen-bond donors (Lipinski definition) is 6. The fourth-order valence-electron chi connectivity index (χ4n) is 7.36. The Bertz CT molecular complexity index is 3760. The monoisotopic (exact) mass is 1320 g/mol. The van der Waals surface area contributed by atoms with Crippen molar-refractivity contribution in [3.63, 3.8) is 0 Å². The van der Waals surface area contributed by atoms with Gasteiger partial charge in [0.1, 0.15) is 22.1 Å². The maximum absolute atomic E-state index is 12.2. The van der Waals surface area contributed by atoms with Gasteiger partial charge >= 0.3 is 12.1 Å². The minimum absolute atomic E-state index is 0. The molecule has 0 amide bonds. The number of halogens is 4. The van der Waals surface area contributed by atoms with Crippen molar-refractivity contribution in [2.24, 2.45) is 10.7 Å². The van der Waals surface area contributed by atoms with Crippen molar-refractivity contribution in [3.8, 4) is 0 Å². The molecule has 5 aromatic carbocycles. The smallest absolute Gasteiger partial charge is 0.435 e. The number of anilines is 5. The summed E-state index contributed by atoms with van der Waals surface area (Å²) in [7, 11) is 0. The zero-order valence-electron chi connectivity index (χ0n) is 44.7. The van der Waals surface area contributed by atoms with Crippen molar-refractivity contribution in [1.82, 2.24) is 34.7 Å². The van der Waals surface area contributed by atoms with Crippen LogP contribution in [-0.4, -0.2) is 95.3 Å². The normalized spacial score (nSPS) is 12.8. The summed E-state index contributed by atoms with van der Waals surface area (Å²) in [5, 5.41) is 22.4. The van der Waals surface area contributed by atoms with E-state index in [1.54, 1.807) is 49.8 Å². The number of aromatic nitrogens is 7. The molecule has 8 N–H and O–H groups in total. The predicted octanol–water partition coefficient (Wildman–Crippen LogP) is 16.1. The molecule has 18 nitrogen and oxygen atoms in total. The second-order valence-electron chi connectivity index (χ2n) is 18.8. The molecule has 12 rings (SSSR count). The molecule has 7 heterocycles. The van der Waals surface area contributed by atoms with Crippen molar-refractivity contribution in [2.75, 3.05) is 36.1 Å². The molecule has 438 valence electrons. The third kappa shape index (κ3) is 21.1. The molecule has 1 saturated heterocycles. The number of fused-ring (bicyclic) bond motifs is 3. The molecule has 0 saturated carbocycles. The number of carboxylic acid groups (broad SMARTS) is 1. The van der Waals surface area contributed by atoms with Crippen LogP contribution in [0.15, 0.2) is 172 Å². The highest BCUT2D eigenvalue weighted by atomic mass is 79.9. The van der Waals surface area contributed by atoms with Gasteiger partial charge in [0.05, 0.1) is 30.6 Å². The number of ketones is 1. The summed E-state index contributed by atoms with van der Waals surface area (Å²) < 4.78 is 14.5. The summed E-state index contributed by atoms with van der Waals surface area (Å²) in [4.78, 5) is 57.3. The largest absolute Gasteiger partial charge is 0.477 e. The number of aromatic amines is 1. The maximum Gasteiger partial charge on any atom is 0.435 e. The van der Waals surface area contributed by atoms with Crippen LogP contribution in [0.25, 0.3) is 37.5 Å². The summed E-state index contributed by atoms with van der Waals surface area (Å²) in [5.74, 6) is 0.452. The number of nitrogens with two attached hydrogens (primary N) is 2. The van der Waals surface area contributed by atoms with Gasteiger partial charge in [-0.2, -0.15) is 9.78 Å². The minimum atomic E-state index is -0.864. The van der Waals surface area contributed by atoms with Crippen LogP contribution in [-0.2, 0) is 9.47 Å². The molecule has 0 radical (unpaired) electrons. The fraction of sp³-hybridized carbons (Fsp3) is 0.197. The van der Waals surface area contributed by atoms with Crippen LogP contribution in [0.2, 0.25) is 10.6 Å². The number of allylic oxidation sites excluding steroid dienone is 1. The van der Waals surface area contributed by atoms with E-state index in [9.17, 15) is 14.4 Å². The number of carbonyl (C=O) groups is 3. The Kier molecular flexibility index (Phi) is 25.7. The maximum atomic E-state index is 12.2. The van der Waals surface area contributed by atoms with Crippen molar-refractivity contribution in [3.05, 3.63) is 194 Å². The van der Waals surface area contributed by atoms with E-state index >= 15 is 0 Å². The second-order valence-corrected chi connectivity index (χ2v) is 22.4. The Morgan fingerprint density at radius 1 is 0.798 bits per heavy atom. The number of rotatable bonds is 7. The zero-order chi connectivity index (χ0) is 58.8. The molecule has 23 heteroatoms. The number of H-pyrrole nitrogens is 1. The molecule has 1 unspecified atom stereocenters. The van der Waals surface area contributed by atoms with E-state index in [0.29, 0.717) is 33.8 Å². The first-order valence-corrected chi connectivity index (χ1v) is 28.3. The highest BCUT2D eigenvalue weighted by molar-refractivity contribution is 9.10. The van der Waals surface area contributed by atoms with Crippen molar-refractivity contribution in [1.29, 1.82) is 0 Å². The van der Waals surface area contributed by atoms with Crippen LogP contribution in [0.3, 0.4) is 0 Å². The number of aliphatic imine (C=N–C) groups is 1. The Labute approximate surface area is 518 Å². The van der Waals surface area contributed by atoms with Gasteiger partial charge in [-0.3, -0.25) is 9.79 Å². The average molecular weight is 1320 g/mol. The lowest BCUT2D eigenvalue weighted by Crippen LogP contribution is -2.27. The Morgan fingerprint density at radius 2 is 1.43 bits per heavy atom. The van der Waals surface area contributed by atoms with Crippen molar-refractivity contribution < 1.29 is 29.0 Å². The van der Waals surface area contributed by atoms with E-state index in [1.807, 2.05) is 136 Å². The summed E-state index contributed by atoms with van der Waals surface area (Å²) >= 11 is 19.5. The van der Waals surface area contributed by atoms with E-state index < -0.39 is 17.7 Å². The molecule has 0 bridgehead atoms. The fourth-order valence-corrected chi connectivity index (χ4v) is 9.47. The van der Waals surface area contributed by atoms with Crippen LogP contribution in [0.1, 0.15) is 74.7 Å². The summed E-state index contributed by atoms with van der Waals surface area (Å²) in [5.41, 5.74) is 17.4. The number of thiophene rings is 1. The van der Waals surface area contributed by atoms with Crippen LogP contribution < -0.4 is 22.1 Å². The number of ether oxygens (including phenoxy) is 2. The highest BCUT2D eigenvalue weighted by Gasteiger charge is 2.20. The molecule has 0 aliphatic carbocycles. The van der Waals surface area contributed by atoms with E-state index in [-0.39, 0.29) is 31.2 Å². The van der Waals surface area contributed by atoms with Crippen molar-refractivity contribution in [2.45, 2.75) is 60.6 Å². The Balaban J connectivity index is 0.000000193. The van der Waals surface area contributed by atoms with Gasteiger partial charge in [0.15, 0.2) is 5.78 Å². The highest BCUT2D eigenvalue weighted by Crippen LogP contribution is 2.29. The van der Waals surface area contributed by atoms with Gasteiger partial charge in [-0.1, -0.05) is 95.3 Å². The molecule has 1 atom stereocenters. The Hall–Kier alpha value is -7.89. The number of para-hydroxylation sites is 1. The molecule has 84 heavy (non-hydrogen) atoms. The average Bonchev–Trinajstić information content (AvgIpc) is 4.52. The third-order valence-electron chi connectivity index (χ3n) is 11.2. The Morgan fingerprint density at radius 3 is 1.96 bits per heavy atom. The number of nitrogen functional groups attached to an aromatic ring is 1. The molecular weight excluding hydrogens is 1260 g/mol. The van der Waals surface area contributed by atoms with Gasteiger partial charge in [0.2, 0.25) is 10.6 Å². The van der Waals surface area contributed by atoms with Gasteiger partial charge in [-0.25, -0.2) is 29.5 Å². The van der Waals surface area contributed by atoms with Gasteiger partial charge in [-0.05, 0) is 158 Å².